The Kier molecular flexibility index (Phi) is 5.64. The number of nitro benzene ring substituents is 1. The molecule has 1 rings (SSSR count). The minimum atomic E-state index is -0.447. The number of hydrogen-bond acceptors (Lipinski definition) is 4. The molecule has 0 aromatic heterocycles. The maximum atomic E-state index is 11.6. The summed E-state index contributed by atoms with van der Waals surface area (Å²) >= 11 is 0. The number of rotatable bonds is 6. The van der Waals surface area contributed by atoms with Gasteiger partial charge in [-0.2, -0.15) is 5.10 Å². The Hall–Kier alpha value is -2.44. The monoisotopic (exact) mass is 278 g/mol. The van der Waals surface area contributed by atoms with Crippen molar-refractivity contribution in [2.45, 2.75) is 19.3 Å². The van der Waals surface area contributed by atoms with Crippen LogP contribution in [-0.4, -0.2) is 36.2 Å². The number of hydrazone groups is 1. The third-order valence-corrected chi connectivity index (χ3v) is 2.62. The molecule has 1 aromatic rings. The lowest BCUT2D eigenvalue weighted by molar-refractivity contribution is -0.384. The Bertz CT molecular complexity index is 514. The molecule has 0 aliphatic carbocycles. The third kappa shape index (κ3) is 5.05. The second-order valence-electron chi connectivity index (χ2n) is 4.70. The van der Waals surface area contributed by atoms with Crippen LogP contribution in [0.4, 0.5) is 5.69 Å². The Morgan fingerprint density at radius 2 is 2.25 bits per heavy atom. The number of nitro groups is 1. The predicted octanol–water partition coefficient (Wildman–Crippen LogP) is 1.71. The highest BCUT2D eigenvalue weighted by atomic mass is 16.6. The van der Waals surface area contributed by atoms with Crippen molar-refractivity contribution < 1.29 is 9.72 Å². The van der Waals surface area contributed by atoms with Gasteiger partial charge in [0.05, 0.1) is 4.92 Å². The second kappa shape index (κ2) is 7.22. The SMILES string of the molecule is C[C@H](CC(=O)N/N=C/N(C)C)c1cccc([N+](=O)[O-])c1. The van der Waals surface area contributed by atoms with Crippen molar-refractivity contribution >= 4 is 17.9 Å². The fraction of sp³-hybridized carbons (Fsp3) is 0.385. The Morgan fingerprint density at radius 3 is 2.85 bits per heavy atom. The normalized spacial score (nSPS) is 12.2. The first kappa shape index (κ1) is 15.6. The van der Waals surface area contributed by atoms with E-state index in [0.717, 1.165) is 5.56 Å². The number of carbonyl (C=O) groups excluding carboxylic acids is 1. The van der Waals surface area contributed by atoms with E-state index in [-0.39, 0.29) is 23.9 Å². The quantitative estimate of drug-likeness (QED) is 0.371. The number of carbonyl (C=O) groups is 1. The molecule has 0 unspecified atom stereocenters. The molecule has 0 saturated carbocycles. The molecule has 0 heterocycles. The molecule has 0 spiro atoms. The zero-order chi connectivity index (χ0) is 15.1. The highest BCUT2D eigenvalue weighted by Crippen LogP contribution is 2.22. The summed E-state index contributed by atoms with van der Waals surface area (Å²) in [5.41, 5.74) is 3.19. The van der Waals surface area contributed by atoms with Gasteiger partial charge >= 0.3 is 0 Å². The maximum absolute atomic E-state index is 11.6. The van der Waals surface area contributed by atoms with Crippen molar-refractivity contribution in [3.63, 3.8) is 0 Å². The molecule has 7 heteroatoms. The first-order valence-electron chi connectivity index (χ1n) is 6.13. The van der Waals surface area contributed by atoms with Crippen LogP contribution in [0, 0.1) is 10.1 Å². The molecule has 7 nitrogen and oxygen atoms in total. The number of non-ortho nitro benzene ring substituents is 1. The second-order valence-corrected chi connectivity index (χ2v) is 4.70. The van der Waals surface area contributed by atoms with Crippen molar-refractivity contribution in [1.82, 2.24) is 10.3 Å². The van der Waals surface area contributed by atoms with Crippen molar-refractivity contribution in [1.29, 1.82) is 0 Å². The summed E-state index contributed by atoms with van der Waals surface area (Å²) < 4.78 is 0. The van der Waals surface area contributed by atoms with E-state index in [1.807, 2.05) is 6.92 Å². The van der Waals surface area contributed by atoms with Crippen molar-refractivity contribution in [3.8, 4) is 0 Å². The molecule has 0 fully saturated rings. The fourth-order valence-corrected chi connectivity index (χ4v) is 1.60. The topological polar surface area (TPSA) is 87.8 Å². The maximum Gasteiger partial charge on any atom is 0.269 e. The largest absolute Gasteiger partial charge is 0.367 e. The van der Waals surface area contributed by atoms with E-state index in [2.05, 4.69) is 10.5 Å². The molecular formula is C13H18N4O3. The van der Waals surface area contributed by atoms with Crippen molar-refractivity contribution in [2.24, 2.45) is 5.10 Å². The van der Waals surface area contributed by atoms with Crippen LogP contribution in [0.15, 0.2) is 29.4 Å². The molecule has 0 aliphatic rings. The average molecular weight is 278 g/mol. The predicted molar refractivity (Wildman–Crippen MR) is 76.5 cm³/mol. The number of nitrogens with one attached hydrogen (secondary N) is 1. The van der Waals surface area contributed by atoms with Crippen LogP contribution in [0.25, 0.3) is 0 Å². The molecule has 1 atom stereocenters. The Morgan fingerprint density at radius 1 is 1.55 bits per heavy atom. The Labute approximate surface area is 117 Å². The van der Waals surface area contributed by atoms with E-state index in [9.17, 15) is 14.9 Å². The standard InChI is InChI=1S/C13H18N4O3/c1-10(7-13(18)15-14-9-16(2)3)11-5-4-6-12(8-11)17(19)20/h4-6,8-10H,7H2,1-3H3,(H,15,18)/b14-9+/t10-/m1/s1. The number of benzene rings is 1. The molecule has 108 valence electrons. The first-order valence-corrected chi connectivity index (χ1v) is 6.13. The third-order valence-electron chi connectivity index (χ3n) is 2.62. The molecular weight excluding hydrogens is 260 g/mol. The van der Waals surface area contributed by atoms with E-state index in [4.69, 9.17) is 0 Å². The van der Waals surface area contributed by atoms with Crippen LogP contribution in [0.5, 0.6) is 0 Å². The van der Waals surface area contributed by atoms with Crippen LogP contribution >= 0.6 is 0 Å². The first-order chi connectivity index (χ1) is 9.40. The molecule has 0 aliphatic heterocycles. The van der Waals surface area contributed by atoms with Gasteiger partial charge in [-0.15, -0.1) is 0 Å². The molecule has 0 radical (unpaired) electrons. The van der Waals surface area contributed by atoms with E-state index in [0.29, 0.717) is 0 Å². The van der Waals surface area contributed by atoms with Gasteiger partial charge in [-0.3, -0.25) is 14.9 Å². The number of nitrogens with zero attached hydrogens (tertiary/aromatic N) is 3. The van der Waals surface area contributed by atoms with Gasteiger partial charge < -0.3 is 4.90 Å². The van der Waals surface area contributed by atoms with Crippen LogP contribution in [0.3, 0.4) is 0 Å². The van der Waals surface area contributed by atoms with E-state index >= 15 is 0 Å². The van der Waals surface area contributed by atoms with Crippen LogP contribution in [0.2, 0.25) is 0 Å². The van der Waals surface area contributed by atoms with Gasteiger partial charge in [0, 0.05) is 32.6 Å². The lowest BCUT2D eigenvalue weighted by atomic mass is 9.97. The van der Waals surface area contributed by atoms with Gasteiger partial charge in [0.15, 0.2) is 0 Å². The molecule has 1 amide bonds. The summed E-state index contributed by atoms with van der Waals surface area (Å²) in [6, 6.07) is 6.30. The summed E-state index contributed by atoms with van der Waals surface area (Å²) in [5, 5.41) is 14.5. The minimum absolute atomic E-state index is 0.0281. The van der Waals surface area contributed by atoms with E-state index < -0.39 is 4.92 Å². The van der Waals surface area contributed by atoms with Gasteiger partial charge in [-0.1, -0.05) is 19.1 Å². The smallest absolute Gasteiger partial charge is 0.269 e. The summed E-state index contributed by atoms with van der Waals surface area (Å²) in [4.78, 5) is 23.6. The summed E-state index contributed by atoms with van der Waals surface area (Å²) in [6.45, 7) is 1.84. The summed E-state index contributed by atoms with van der Waals surface area (Å²) in [5.74, 6) is -0.355. The summed E-state index contributed by atoms with van der Waals surface area (Å²) in [6.07, 6.45) is 1.70. The van der Waals surface area contributed by atoms with Crippen LogP contribution < -0.4 is 5.43 Å². The zero-order valence-electron chi connectivity index (χ0n) is 11.7. The lowest BCUT2D eigenvalue weighted by Crippen LogP contribution is -2.21. The minimum Gasteiger partial charge on any atom is -0.367 e. The lowest BCUT2D eigenvalue weighted by Gasteiger charge is -2.10. The van der Waals surface area contributed by atoms with Gasteiger partial charge in [0.2, 0.25) is 5.91 Å². The highest BCUT2D eigenvalue weighted by molar-refractivity contribution is 5.77. The molecule has 1 aromatic carbocycles. The molecule has 0 saturated heterocycles. The summed E-state index contributed by atoms with van der Waals surface area (Å²) in [7, 11) is 3.59. The Balaban J connectivity index is 2.62. The van der Waals surface area contributed by atoms with E-state index in [1.54, 1.807) is 31.1 Å². The van der Waals surface area contributed by atoms with Crippen molar-refractivity contribution in [3.05, 3.63) is 39.9 Å². The molecule has 0 bridgehead atoms. The van der Waals surface area contributed by atoms with Crippen LogP contribution in [0.1, 0.15) is 24.8 Å². The fourth-order valence-electron chi connectivity index (χ4n) is 1.60. The van der Waals surface area contributed by atoms with Crippen LogP contribution in [-0.2, 0) is 4.79 Å². The van der Waals surface area contributed by atoms with Gasteiger partial charge in [0.25, 0.3) is 5.69 Å². The zero-order valence-corrected chi connectivity index (χ0v) is 11.7. The van der Waals surface area contributed by atoms with Gasteiger partial charge in [-0.25, -0.2) is 5.43 Å². The molecule has 1 N–H and O–H groups in total. The highest BCUT2D eigenvalue weighted by Gasteiger charge is 2.14. The van der Waals surface area contributed by atoms with Crippen molar-refractivity contribution in [2.75, 3.05) is 14.1 Å². The number of amides is 1. The van der Waals surface area contributed by atoms with Gasteiger partial charge in [0.1, 0.15) is 6.34 Å². The molecule has 20 heavy (non-hydrogen) atoms. The van der Waals surface area contributed by atoms with E-state index in [1.165, 1.54) is 18.5 Å². The van der Waals surface area contributed by atoms with Gasteiger partial charge in [-0.05, 0) is 11.5 Å². The average Bonchev–Trinajstić information content (AvgIpc) is 2.38. The number of hydrogen-bond donors (Lipinski definition) is 1.